The number of hydrogen-bond acceptors (Lipinski definition) is 6. The van der Waals surface area contributed by atoms with Crippen molar-refractivity contribution in [3.63, 3.8) is 0 Å². The highest BCUT2D eigenvalue weighted by Crippen LogP contribution is 2.30. The number of rotatable bonds is 6. The van der Waals surface area contributed by atoms with E-state index in [4.69, 9.17) is 9.47 Å². The molecular weight excluding hydrogens is 352 g/mol. The molecule has 3 rings (SSSR count). The molecule has 0 atom stereocenters. The summed E-state index contributed by atoms with van der Waals surface area (Å²) in [5.41, 5.74) is 4.03. The van der Waals surface area contributed by atoms with Crippen LogP contribution in [0.4, 0.5) is 23.0 Å². The van der Waals surface area contributed by atoms with Crippen molar-refractivity contribution in [1.82, 2.24) is 4.98 Å². The Morgan fingerprint density at radius 3 is 1.64 bits per heavy atom. The third-order valence-electron chi connectivity index (χ3n) is 4.57. The maximum atomic E-state index is 9.64. The lowest BCUT2D eigenvalue weighted by molar-refractivity contribution is 0.415. The zero-order chi connectivity index (χ0) is 20.1. The van der Waals surface area contributed by atoms with Gasteiger partial charge in [0.25, 0.3) is 0 Å². The van der Waals surface area contributed by atoms with Gasteiger partial charge >= 0.3 is 0 Å². The van der Waals surface area contributed by atoms with Crippen molar-refractivity contribution in [2.75, 3.05) is 24.9 Å². The van der Waals surface area contributed by atoms with Crippen molar-refractivity contribution in [1.29, 1.82) is 5.26 Å². The molecule has 0 saturated carbocycles. The summed E-state index contributed by atoms with van der Waals surface area (Å²) >= 11 is 0. The van der Waals surface area contributed by atoms with Gasteiger partial charge in [0.05, 0.1) is 19.8 Å². The minimum Gasteiger partial charge on any atom is -0.497 e. The maximum Gasteiger partial charge on any atom is 0.151 e. The molecule has 0 unspecified atom stereocenters. The third kappa shape index (κ3) is 3.99. The van der Waals surface area contributed by atoms with Crippen molar-refractivity contribution >= 4 is 23.0 Å². The second-order valence-electron chi connectivity index (χ2n) is 6.25. The fourth-order valence-electron chi connectivity index (χ4n) is 2.77. The number of anilines is 4. The van der Waals surface area contributed by atoms with Crippen LogP contribution in [0.5, 0.6) is 11.5 Å². The van der Waals surface area contributed by atoms with Gasteiger partial charge in [-0.25, -0.2) is 4.98 Å². The average molecular weight is 374 g/mol. The van der Waals surface area contributed by atoms with Crippen molar-refractivity contribution in [3.05, 3.63) is 65.2 Å². The molecule has 2 N–H and O–H groups in total. The van der Waals surface area contributed by atoms with Crippen LogP contribution in [0.15, 0.2) is 48.5 Å². The predicted molar refractivity (Wildman–Crippen MR) is 111 cm³/mol. The van der Waals surface area contributed by atoms with E-state index >= 15 is 0 Å². The first kappa shape index (κ1) is 19.1. The monoisotopic (exact) mass is 374 g/mol. The zero-order valence-electron chi connectivity index (χ0n) is 16.3. The van der Waals surface area contributed by atoms with Gasteiger partial charge in [-0.15, -0.1) is 0 Å². The molecule has 3 aromatic rings. The number of pyridine rings is 1. The van der Waals surface area contributed by atoms with Crippen LogP contribution in [0.1, 0.15) is 16.7 Å². The Hall–Kier alpha value is -3.72. The topological polar surface area (TPSA) is 79.2 Å². The Labute approximate surface area is 164 Å². The lowest BCUT2D eigenvalue weighted by Gasteiger charge is -2.16. The molecule has 6 heteroatoms. The molecule has 0 saturated heterocycles. The second kappa shape index (κ2) is 8.31. The number of nitrogens with zero attached hydrogens (tertiary/aromatic N) is 2. The number of hydrogen-bond donors (Lipinski definition) is 2. The molecule has 28 heavy (non-hydrogen) atoms. The number of methoxy groups -OCH3 is 2. The van der Waals surface area contributed by atoms with Gasteiger partial charge in [0, 0.05) is 11.4 Å². The van der Waals surface area contributed by atoms with E-state index in [1.54, 1.807) is 14.2 Å². The molecule has 2 aromatic carbocycles. The van der Waals surface area contributed by atoms with E-state index < -0.39 is 0 Å². The van der Waals surface area contributed by atoms with Crippen molar-refractivity contribution in [2.45, 2.75) is 13.8 Å². The Morgan fingerprint density at radius 1 is 0.750 bits per heavy atom. The predicted octanol–water partition coefficient (Wildman–Crippen LogP) is 5.07. The molecular formula is C22H22N4O2. The Balaban J connectivity index is 1.95. The molecule has 1 aromatic heterocycles. The number of benzene rings is 2. The van der Waals surface area contributed by atoms with E-state index in [2.05, 4.69) is 21.7 Å². The van der Waals surface area contributed by atoms with Crippen molar-refractivity contribution in [2.24, 2.45) is 0 Å². The lowest BCUT2D eigenvalue weighted by atomic mass is 10.1. The highest BCUT2D eigenvalue weighted by Gasteiger charge is 2.15. The van der Waals surface area contributed by atoms with Crippen LogP contribution >= 0.6 is 0 Å². The summed E-state index contributed by atoms with van der Waals surface area (Å²) in [6.07, 6.45) is 0. The van der Waals surface area contributed by atoms with Gasteiger partial charge in [-0.05, 0) is 73.5 Å². The summed E-state index contributed by atoms with van der Waals surface area (Å²) in [4.78, 5) is 4.67. The molecule has 0 aliphatic heterocycles. The average Bonchev–Trinajstić information content (AvgIpc) is 2.73. The van der Waals surface area contributed by atoms with E-state index in [-0.39, 0.29) is 0 Å². The Bertz CT molecular complexity index is 1010. The first-order valence-corrected chi connectivity index (χ1v) is 8.79. The van der Waals surface area contributed by atoms with Gasteiger partial charge < -0.3 is 20.1 Å². The Morgan fingerprint density at radius 2 is 1.21 bits per heavy atom. The van der Waals surface area contributed by atoms with Crippen LogP contribution in [0, 0.1) is 25.2 Å². The number of ether oxygens (including phenoxy) is 2. The highest BCUT2D eigenvalue weighted by molar-refractivity contribution is 5.72. The van der Waals surface area contributed by atoms with Gasteiger partial charge in [0.15, 0.2) is 5.82 Å². The smallest absolute Gasteiger partial charge is 0.151 e. The van der Waals surface area contributed by atoms with Crippen molar-refractivity contribution in [3.8, 4) is 17.6 Å². The summed E-state index contributed by atoms with van der Waals surface area (Å²) in [5.74, 6) is 2.75. The quantitative estimate of drug-likeness (QED) is 0.627. The molecule has 6 nitrogen and oxygen atoms in total. The first-order valence-electron chi connectivity index (χ1n) is 8.79. The largest absolute Gasteiger partial charge is 0.497 e. The number of nitriles is 1. The molecule has 0 amide bonds. The minimum absolute atomic E-state index is 0.506. The Kier molecular flexibility index (Phi) is 5.66. The van der Waals surface area contributed by atoms with Gasteiger partial charge in [-0.2, -0.15) is 5.26 Å². The fourth-order valence-corrected chi connectivity index (χ4v) is 2.77. The van der Waals surface area contributed by atoms with E-state index in [9.17, 15) is 5.26 Å². The van der Waals surface area contributed by atoms with Crippen LogP contribution in [0.25, 0.3) is 0 Å². The second-order valence-corrected chi connectivity index (χ2v) is 6.25. The fraction of sp³-hybridized carbons (Fsp3) is 0.182. The SMILES string of the molecule is COc1ccc(Nc2nc(Nc3ccc(OC)cc3)c(C#N)c(C)c2C)cc1. The van der Waals surface area contributed by atoms with Gasteiger partial charge in [0.2, 0.25) is 0 Å². The molecule has 0 radical (unpaired) electrons. The standard InChI is InChI=1S/C22H22N4O2/c1-14-15(2)21(24-16-5-9-18(27-3)10-6-16)26-22(20(14)13-23)25-17-7-11-19(28-4)12-8-17/h5-12H,1-4H3,(H2,24,25,26). The van der Waals surface area contributed by atoms with E-state index in [0.29, 0.717) is 17.2 Å². The van der Waals surface area contributed by atoms with Crippen LogP contribution in [-0.4, -0.2) is 19.2 Å². The van der Waals surface area contributed by atoms with E-state index in [1.165, 1.54) is 0 Å². The van der Waals surface area contributed by atoms with E-state index in [1.807, 2.05) is 62.4 Å². The highest BCUT2D eigenvalue weighted by atomic mass is 16.5. The molecule has 0 fully saturated rings. The normalized spacial score (nSPS) is 10.1. The molecule has 0 aliphatic carbocycles. The summed E-state index contributed by atoms with van der Waals surface area (Å²) < 4.78 is 10.4. The van der Waals surface area contributed by atoms with Crippen LogP contribution in [-0.2, 0) is 0 Å². The molecule has 142 valence electrons. The molecule has 0 bridgehead atoms. The van der Waals surface area contributed by atoms with Crippen molar-refractivity contribution < 1.29 is 9.47 Å². The summed E-state index contributed by atoms with van der Waals surface area (Å²) in [5, 5.41) is 16.2. The minimum atomic E-state index is 0.506. The van der Waals surface area contributed by atoms with Gasteiger partial charge in [0.1, 0.15) is 23.4 Å². The first-order chi connectivity index (χ1) is 13.5. The van der Waals surface area contributed by atoms with Crippen LogP contribution < -0.4 is 20.1 Å². The summed E-state index contributed by atoms with van der Waals surface area (Å²) in [6.45, 7) is 3.88. The lowest BCUT2D eigenvalue weighted by Crippen LogP contribution is -2.06. The third-order valence-corrected chi connectivity index (χ3v) is 4.57. The summed E-state index contributed by atoms with van der Waals surface area (Å²) in [6, 6.07) is 17.3. The molecule has 1 heterocycles. The maximum absolute atomic E-state index is 9.64. The van der Waals surface area contributed by atoms with Crippen LogP contribution in [0.3, 0.4) is 0 Å². The number of nitrogens with one attached hydrogen (secondary N) is 2. The summed E-state index contributed by atoms with van der Waals surface area (Å²) in [7, 11) is 3.26. The molecule has 0 spiro atoms. The zero-order valence-corrected chi connectivity index (χ0v) is 16.3. The molecule has 0 aliphatic rings. The van der Waals surface area contributed by atoms with Gasteiger partial charge in [-0.3, -0.25) is 0 Å². The van der Waals surface area contributed by atoms with Crippen LogP contribution in [0.2, 0.25) is 0 Å². The van der Waals surface area contributed by atoms with Gasteiger partial charge in [-0.1, -0.05) is 0 Å². The van der Waals surface area contributed by atoms with E-state index in [0.717, 1.165) is 34.0 Å². The number of aromatic nitrogens is 1.